The smallest absolute Gasteiger partial charge is 0.242 e. The van der Waals surface area contributed by atoms with Gasteiger partial charge in [-0.1, -0.05) is 12.1 Å². The highest BCUT2D eigenvalue weighted by molar-refractivity contribution is 7.15. The fraction of sp³-hybridized carbons (Fsp3) is 0.389. The number of hydrogen-bond acceptors (Lipinski definition) is 4. The van der Waals surface area contributed by atoms with Crippen LogP contribution in [0, 0.1) is 5.82 Å². The number of methoxy groups -OCH3 is 1. The summed E-state index contributed by atoms with van der Waals surface area (Å²) in [6.07, 6.45) is 0. The minimum Gasteiger partial charge on any atom is -0.383 e. The van der Waals surface area contributed by atoms with Crippen LogP contribution in [0.4, 0.5) is 4.39 Å². The lowest BCUT2D eigenvalue weighted by atomic mass is 10.2. The third-order valence-electron chi connectivity index (χ3n) is 3.67. The molecule has 0 aliphatic heterocycles. The van der Waals surface area contributed by atoms with Gasteiger partial charge in [0.2, 0.25) is 5.91 Å². The van der Waals surface area contributed by atoms with E-state index in [4.69, 9.17) is 10.5 Å². The summed E-state index contributed by atoms with van der Waals surface area (Å²) in [7, 11) is 1.53. The van der Waals surface area contributed by atoms with Crippen LogP contribution in [0.1, 0.15) is 18.7 Å². The molecule has 2 N–H and O–H groups in total. The summed E-state index contributed by atoms with van der Waals surface area (Å²) in [6, 6.07) is 9.78. The predicted molar refractivity (Wildman–Crippen MR) is 95.3 cm³/mol. The largest absolute Gasteiger partial charge is 0.383 e. The molecule has 1 amide bonds. The fourth-order valence-electron chi connectivity index (χ4n) is 2.41. The van der Waals surface area contributed by atoms with Gasteiger partial charge in [0.15, 0.2) is 0 Å². The zero-order chi connectivity index (χ0) is 17.7. The lowest BCUT2D eigenvalue weighted by molar-refractivity contribution is -0.136. The van der Waals surface area contributed by atoms with Gasteiger partial charge in [-0.25, -0.2) is 4.39 Å². The van der Waals surface area contributed by atoms with Crippen molar-refractivity contribution in [2.24, 2.45) is 5.73 Å². The number of rotatable bonds is 7. The zero-order valence-corrected chi connectivity index (χ0v) is 15.0. The van der Waals surface area contributed by atoms with E-state index in [2.05, 4.69) is 0 Å². The average molecular weight is 350 g/mol. The number of hydrogen-bond donors (Lipinski definition) is 1. The van der Waals surface area contributed by atoms with E-state index in [-0.39, 0.29) is 24.4 Å². The Morgan fingerprint density at radius 1 is 1.33 bits per heavy atom. The molecule has 0 spiro atoms. The Bertz CT molecular complexity index is 687. The van der Waals surface area contributed by atoms with E-state index >= 15 is 0 Å². The Morgan fingerprint density at radius 2 is 2.08 bits per heavy atom. The molecule has 0 saturated carbocycles. The van der Waals surface area contributed by atoms with Crippen molar-refractivity contribution in [1.29, 1.82) is 0 Å². The summed E-state index contributed by atoms with van der Waals surface area (Å²) in [6.45, 7) is 4.59. The van der Waals surface area contributed by atoms with E-state index in [1.54, 1.807) is 22.3 Å². The van der Waals surface area contributed by atoms with Gasteiger partial charge in [-0.15, -0.1) is 11.3 Å². The Morgan fingerprint density at radius 3 is 2.71 bits per heavy atom. The molecule has 4 nitrogen and oxygen atoms in total. The summed E-state index contributed by atoms with van der Waals surface area (Å²) < 4.78 is 18.3. The molecule has 1 heterocycles. The molecule has 2 rings (SSSR count). The zero-order valence-electron chi connectivity index (χ0n) is 14.2. The Balaban J connectivity index is 2.15. The van der Waals surface area contributed by atoms with Crippen LogP contribution in [0.2, 0.25) is 0 Å². The number of amides is 1. The van der Waals surface area contributed by atoms with E-state index in [9.17, 15) is 9.18 Å². The van der Waals surface area contributed by atoms with Gasteiger partial charge < -0.3 is 15.4 Å². The monoisotopic (exact) mass is 350 g/mol. The number of ether oxygens (including phenoxy) is 1. The second-order valence-corrected chi connectivity index (χ2v) is 7.07. The van der Waals surface area contributed by atoms with Crippen molar-refractivity contribution in [1.82, 2.24) is 4.90 Å². The maximum absolute atomic E-state index is 13.4. The quantitative estimate of drug-likeness (QED) is 0.834. The van der Waals surface area contributed by atoms with Gasteiger partial charge in [0.05, 0.1) is 13.2 Å². The van der Waals surface area contributed by atoms with Crippen molar-refractivity contribution in [3.63, 3.8) is 0 Å². The number of carbonyl (C=O) groups is 1. The highest BCUT2D eigenvalue weighted by Gasteiger charge is 2.24. The Kier molecular flexibility index (Phi) is 6.48. The lowest BCUT2D eigenvalue weighted by Crippen LogP contribution is -2.48. The molecule has 1 aromatic carbocycles. The summed E-state index contributed by atoms with van der Waals surface area (Å²) in [4.78, 5) is 16.2. The molecule has 24 heavy (non-hydrogen) atoms. The summed E-state index contributed by atoms with van der Waals surface area (Å²) in [5, 5.41) is 0. The molecule has 1 aromatic heterocycles. The van der Waals surface area contributed by atoms with Crippen molar-refractivity contribution in [2.75, 3.05) is 13.7 Å². The summed E-state index contributed by atoms with van der Waals surface area (Å²) in [5.74, 6) is -0.389. The maximum atomic E-state index is 13.4. The molecule has 1 unspecified atom stereocenters. The van der Waals surface area contributed by atoms with Gasteiger partial charge in [0, 0.05) is 22.9 Å². The predicted octanol–water partition coefficient (Wildman–Crippen LogP) is 3.26. The lowest BCUT2D eigenvalue weighted by Gasteiger charge is -2.28. The van der Waals surface area contributed by atoms with E-state index in [1.165, 1.54) is 19.2 Å². The Labute approximate surface area is 146 Å². The van der Waals surface area contributed by atoms with Gasteiger partial charge in [0.25, 0.3) is 0 Å². The van der Waals surface area contributed by atoms with Crippen molar-refractivity contribution in [3.05, 3.63) is 47.1 Å². The van der Waals surface area contributed by atoms with E-state index in [1.807, 2.05) is 32.0 Å². The number of halogens is 1. The second kappa shape index (κ2) is 8.37. The first-order chi connectivity index (χ1) is 11.4. The molecule has 1 atom stereocenters. The van der Waals surface area contributed by atoms with Gasteiger partial charge in [-0.2, -0.15) is 0 Å². The minimum absolute atomic E-state index is 0.0279. The van der Waals surface area contributed by atoms with Crippen molar-refractivity contribution in [3.8, 4) is 10.4 Å². The van der Waals surface area contributed by atoms with Crippen molar-refractivity contribution >= 4 is 17.2 Å². The standard InChI is InChI=1S/C18H23FN2O2S/c1-12(2)21(18(22)16(20)11-23-3)10-15-7-8-17(24-15)13-5-4-6-14(19)9-13/h4-9,12,16H,10-11,20H2,1-3H3. The van der Waals surface area contributed by atoms with E-state index in [0.29, 0.717) is 6.54 Å². The van der Waals surface area contributed by atoms with Crippen LogP contribution in [0.3, 0.4) is 0 Å². The highest BCUT2D eigenvalue weighted by atomic mass is 32.1. The number of nitrogens with two attached hydrogens (primary N) is 1. The van der Waals surface area contributed by atoms with Gasteiger partial charge in [0.1, 0.15) is 11.9 Å². The first kappa shape index (κ1) is 18.6. The second-order valence-electron chi connectivity index (χ2n) is 5.90. The average Bonchev–Trinajstić information content (AvgIpc) is 3.00. The van der Waals surface area contributed by atoms with Crippen LogP contribution in [0.15, 0.2) is 36.4 Å². The van der Waals surface area contributed by atoms with E-state index in [0.717, 1.165) is 15.3 Å². The van der Waals surface area contributed by atoms with E-state index < -0.39 is 6.04 Å². The number of carbonyl (C=O) groups excluding carboxylic acids is 1. The molecule has 0 aliphatic rings. The van der Waals surface area contributed by atoms with Crippen LogP contribution < -0.4 is 5.73 Å². The van der Waals surface area contributed by atoms with Gasteiger partial charge in [-0.05, 0) is 43.7 Å². The molecule has 0 saturated heterocycles. The third kappa shape index (κ3) is 4.63. The Hall–Kier alpha value is -1.76. The SMILES string of the molecule is COCC(N)C(=O)N(Cc1ccc(-c2cccc(F)c2)s1)C(C)C. The van der Waals surface area contributed by atoms with Crippen LogP contribution >= 0.6 is 11.3 Å². The molecule has 6 heteroatoms. The van der Waals surface area contributed by atoms with Crippen molar-refractivity contribution < 1.29 is 13.9 Å². The molecule has 0 fully saturated rings. The number of benzene rings is 1. The highest BCUT2D eigenvalue weighted by Crippen LogP contribution is 2.29. The normalized spacial score (nSPS) is 12.4. The first-order valence-electron chi connectivity index (χ1n) is 7.82. The van der Waals surface area contributed by atoms with Crippen LogP contribution in [0.25, 0.3) is 10.4 Å². The van der Waals surface area contributed by atoms with Crippen LogP contribution in [0.5, 0.6) is 0 Å². The number of thiophene rings is 1. The molecular weight excluding hydrogens is 327 g/mol. The van der Waals surface area contributed by atoms with Crippen LogP contribution in [-0.4, -0.2) is 36.6 Å². The fourth-order valence-corrected chi connectivity index (χ4v) is 3.41. The molecule has 130 valence electrons. The van der Waals surface area contributed by atoms with Gasteiger partial charge >= 0.3 is 0 Å². The molecule has 2 aromatic rings. The molecule has 0 bridgehead atoms. The molecule has 0 aliphatic carbocycles. The maximum Gasteiger partial charge on any atom is 0.242 e. The summed E-state index contributed by atoms with van der Waals surface area (Å²) in [5.41, 5.74) is 6.72. The van der Waals surface area contributed by atoms with Gasteiger partial charge in [-0.3, -0.25) is 4.79 Å². The third-order valence-corrected chi connectivity index (χ3v) is 4.79. The summed E-state index contributed by atoms with van der Waals surface area (Å²) >= 11 is 1.55. The first-order valence-corrected chi connectivity index (χ1v) is 8.63. The molecule has 0 radical (unpaired) electrons. The van der Waals surface area contributed by atoms with Crippen molar-refractivity contribution in [2.45, 2.75) is 32.5 Å². The van der Waals surface area contributed by atoms with Crippen LogP contribution in [-0.2, 0) is 16.1 Å². The molecular formula is C18H23FN2O2S. The number of nitrogens with zero attached hydrogens (tertiary/aromatic N) is 1. The topological polar surface area (TPSA) is 55.6 Å². The minimum atomic E-state index is -0.667.